The number of para-hydroxylation sites is 1. The highest BCUT2D eigenvalue weighted by atomic mass is 32.1. The van der Waals surface area contributed by atoms with Crippen LogP contribution in [0.4, 0.5) is 11.4 Å². The topological polar surface area (TPSA) is 79.5 Å². The van der Waals surface area contributed by atoms with Crippen LogP contribution in [0, 0.1) is 12.8 Å². The zero-order valence-electron chi connectivity index (χ0n) is 19.6. The van der Waals surface area contributed by atoms with E-state index in [0.717, 1.165) is 12.0 Å². The van der Waals surface area contributed by atoms with Gasteiger partial charge in [0.15, 0.2) is 5.11 Å². The van der Waals surface area contributed by atoms with Crippen molar-refractivity contribution in [2.24, 2.45) is 5.92 Å². The van der Waals surface area contributed by atoms with Crippen molar-refractivity contribution >= 4 is 40.5 Å². The van der Waals surface area contributed by atoms with Gasteiger partial charge in [-0.3, -0.25) is 14.9 Å². The van der Waals surface area contributed by atoms with Crippen LogP contribution in [0.15, 0.2) is 72.8 Å². The molecular weight excluding hydrogens is 446 g/mol. The average Bonchev–Trinajstić information content (AvgIpc) is 2.80. The van der Waals surface area contributed by atoms with Crippen molar-refractivity contribution in [3.05, 3.63) is 89.5 Å². The van der Waals surface area contributed by atoms with Crippen LogP contribution in [0.25, 0.3) is 0 Å². The smallest absolute Gasteiger partial charge is 0.261 e. The molecule has 0 heterocycles. The van der Waals surface area contributed by atoms with Gasteiger partial charge in [-0.15, -0.1) is 0 Å². The first-order valence-corrected chi connectivity index (χ1v) is 11.5. The summed E-state index contributed by atoms with van der Waals surface area (Å²) in [6.45, 7) is 6.72. The van der Waals surface area contributed by atoms with E-state index in [2.05, 4.69) is 29.8 Å². The number of hydrogen-bond donors (Lipinski definition) is 3. The van der Waals surface area contributed by atoms with Crippen molar-refractivity contribution in [3.8, 4) is 5.75 Å². The van der Waals surface area contributed by atoms with E-state index in [9.17, 15) is 9.59 Å². The lowest BCUT2D eigenvalue weighted by atomic mass is 10.1. The Morgan fingerprint density at radius 3 is 2.24 bits per heavy atom. The summed E-state index contributed by atoms with van der Waals surface area (Å²) in [5.74, 6) is 0.512. The molecule has 0 aliphatic rings. The van der Waals surface area contributed by atoms with Crippen molar-refractivity contribution < 1.29 is 14.3 Å². The first kappa shape index (κ1) is 24.9. The molecule has 176 valence electrons. The van der Waals surface area contributed by atoms with Gasteiger partial charge in [-0.1, -0.05) is 43.7 Å². The molecule has 0 saturated carbocycles. The molecule has 7 heteroatoms. The highest BCUT2D eigenvalue weighted by Crippen LogP contribution is 2.19. The summed E-state index contributed by atoms with van der Waals surface area (Å²) in [6, 6.07) is 21.6. The van der Waals surface area contributed by atoms with Gasteiger partial charge in [0.05, 0.1) is 12.2 Å². The molecular formula is C27H29N3O3S. The molecule has 0 aliphatic heterocycles. The normalized spacial score (nSPS) is 10.5. The van der Waals surface area contributed by atoms with Gasteiger partial charge in [-0.05, 0) is 80.0 Å². The Balaban J connectivity index is 1.55. The third-order valence-electron chi connectivity index (χ3n) is 4.99. The number of benzene rings is 3. The van der Waals surface area contributed by atoms with Crippen molar-refractivity contribution in [1.29, 1.82) is 0 Å². The largest absolute Gasteiger partial charge is 0.493 e. The maximum atomic E-state index is 12.7. The molecule has 0 aromatic heterocycles. The SMILES string of the molecule is Cc1cccc(C(=O)Nc2ccc(NC(=S)NC(=O)c3ccccc3OCCC(C)C)cc2)c1. The number of amides is 2. The van der Waals surface area contributed by atoms with Crippen LogP contribution in [0.5, 0.6) is 5.75 Å². The molecule has 2 amide bonds. The number of hydrogen-bond acceptors (Lipinski definition) is 4. The van der Waals surface area contributed by atoms with Gasteiger partial charge < -0.3 is 15.4 Å². The van der Waals surface area contributed by atoms with Crippen LogP contribution < -0.4 is 20.7 Å². The molecule has 0 atom stereocenters. The lowest BCUT2D eigenvalue weighted by Gasteiger charge is -2.14. The number of nitrogens with one attached hydrogen (secondary N) is 3. The van der Waals surface area contributed by atoms with E-state index < -0.39 is 0 Å². The molecule has 0 spiro atoms. The van der Waals surface area contributed by atoms with Gasteiger partial charge in [-0.25, -0.2) is 0 Å². The van der Waals surface area contributed by atoms with E-state index >= 15 is 0 Å². The van der Waals surface area contributed by atoms with Gasteiger partial charge in [0.25, 0.3) is 11.8 Å². The molecule has 0 unspecified atom stereocenters. The van der Waals surface area contributed by atoms with Crippen LogP contribution in [0.1, 0.15) is 46.5 Å². The summed E-state index contributed by atoms with van der Waals surface area (Å²) in [4.78, 5) is 25.1. The van der Waals surface area contributed by atoms with Crippen molar-refractivity contribution in [2.75, 3.05) is 17.2 Å². The van der Waals surface area contributed by atoms with Crippen molar-refractivity contribution in [1.82, 2.24) is 5.32 Å². The highest BCUT2D eigenvalue weighted by Gasteiger charge is 2.14. The zero-order valence-corrected chi connectivity index (χ0v) is 20.4. The Bertz CT molecular complexity index is 1160. The van der Waals surface area contributed by atoms with Crippen LogP contribution in [0.3, 0.4) is 0 Å². The van der Waals surface area contributed by atoms with Gasteiger partial charge in [0, 0.05) is 16.9 Å². The lowest BCUT2D eigenvalue weighted by Crippen LogP contribution is -2.34. The minimum Gasteiger partial charge on any atom is -0.493 e. The molecule has 0 aliphatic carbocycles. The quantitative estimate of drug-likeness (QED) is 0.359. The number of carbonyl (C=O) groups is 2. The second kappa shape index (κ2) is 12.0. The number of ether oxygens (including phenoxy) is 1. The van der Waals surface area contributed by atoms with E-state index in [0.29, 0.717) is 40.8 Å². The number of thiocarbonyl (C=S) groups is 1. The van der Waals surface area contributed by atoms with Crippen molar-refractivity contribution in [2.45, 2.75) is 27.2 Å². The second-order valence-electron chi connectivity index (χ2n) is 8.34. The second-order valence-corrected chi connectivity index (χ2v) is 8.74. The Morgan fingerprint density at radius 1 is 0.882 bits per heavy atom. The van der Waals surface area contributed by atoms with Crippen LogP contribution in [0.2, 0.25) is 0 Å². The molecule has 6 nitrogen and oxygen atoms in total. The minimum absolute atomic E-state index is 0.165. The summed E-state index contributed by atoms with van der Waals surface area (Å²) < 4.78 is 5.79. The Labute approximate surface area is 205 Å². The van der Waals surface area contributed by atoms with E-state index in [-0.39, 0.29) is 16.9 Å². The molecule has 3 rings (SSSR count). The monoisotopic (exact) mass is 475 g/mol. The molecule has 3 aromatic rings. The molecule has 34 heavy (non-hydrogen) atoms. The fourth-order valence-electron chi connectivity index (χ4n) is 3.14. The molecule has 0 saturated heterocycles. The van der Waals surface area contributed by atoms with E-state index in [1.54, 1.807) is 48.5 Å². The van der Waals surface area contributed by atoms with Gasteiger partial charge in [-0.2, -0.15) is 0 Å². The first-order chi connectivity index (χ1) is 16.3. The molecule has 0 bridgehead atoms. The third-order valence-corrected chi connectivity index (χ3v) is 5.20. The first-order valence-electron chi connectivity index (χ1n) is 11.1. The zero-order chi connectivity index (χ0) is 24.5. The van der Waals surface area contributed by atoms with Gasteiger partial charge in [0.1, 0.15) is 5.75 Å². The number of carbonyl (C=O) groups excluding carboxylic acids is 2. The van der Waals surface area contributed by atoms with Gasteiger partial charge >= 0.3 is 0 Å². The maximum absolute atomic E-state index is 12.7. The number of aryl methyl sites for hydroxylation is 1. The maximum Gasteiger partial charge on any atom is 0.261 e. The predicted octanol–water partition coefficient (Wildman–Crippen LogP) is 5.80. The Morgan fingerprint density at radius 2 is 1.56 bits per heavy atom. The standard InChI is InChI=1S/C27H29N3O3S/c1-18(2)15-16-33-24-10-5-4-9-23(24)26(32)30-27(34)29-22-13-11-21(12-14-22)28-25(31)20-8-6-7-19(3)17-20/h4-14,17-18H,15-16H2,1-3H3,(H,28,31)(H2,29,30,32,34). The summed E-state index contributed by atoms with van der Waals surface area (Å²) >= 11 is 5.30. The fraction of sp³-hybridized carbons (Fsp3) is 0.222. The van der Waals surface area contributed by atoms with Crippen molar-refractivity contribution in [3.63, 3.8) is 0 Å². The minimum atomic E-state index is -0.348. The molecule has 3 N–H and O–H groups in total. The highest BCUT2D eigenvalue weighted by molar-refractivity contribution is 7.80. The van der Waals surface area contributed by atoms with E-state index in [4.69, 9.17) is 17.0 Å². The fourth-order valence-corrected chi connectivity index (χ4v) is 3.35. The number of rotatable bonds is 8. The summed E-state index contributed by atoms with van der Waals surface area (Å²) in [5.41, 5.74) is 3.37. The predicted molar refractivity (Wildman–Crippen MR) is 141 cm³/mol. The summed E-state index contributed by atoms with van der Waals surface area (Å²) in [6.07, 6.45) is 0.900. The van der Waals surface area contributed by atoms with E-state index in [1.165, 1.54) is 0 Å². The molecule has 3 aromatic carbocycles. The Hall–Kier alpha value is -3.71. The summed E-state index contributed by atoms with van der Waals surface area (Å²) in [5, 5.41) is 8.71. The van der Waals surface area contributed by atoms with Crippen LogP contribution in [-0.2, 0) is 0 Å². The Kier molecular flexibility index (Phi) is 8.76. The molecule has 0 radical (unpaired) electrons. The lowest BCUT2D eigenvalue weighted by molar-refractivity contribution is 0.0972. The molecule has 0 fully saturated rings. The summed E-state index contributed by atoms with van der Waals surface area (Å²) in [7, 11) is 0. The van der Waals surface area contributed by atoms with Crippen LogP contribution in [-0.4, -0.2) is 23.5 Å². The third kappa shape index (κ3) is 7.42. The van der Waals surface area contributed by atoms with E-state index in [1.807, 2.05) is 31.2 Å². The average molecular weight is 476 g/mol. The van der Waals surface area contributed by atoms with Crippen LogP contribution >= 0.6 is 12.2 Å². The van der Waals surface area contributed by atoms with Gasteiger partial charge in [0.2, 0.25) is 0 Å². The number of anilines is 2.